The van der Waals surface area contributed by atoms with Crippen LogP contribution in [0.3, 0.4) is 0 Å². The van der Waals surface area contributed by atoms with Gasteiger partial charge in [0.15, 0.2) is 0 Å². The van der Waals surface area contributed by atoms with Gasteiger partial charge in [-0.25, -0.2) is 0 Å². The minimum Gasteiger partial charge on any atom is -0.344 e. The number of nitrogens with zero attached hydrogens (tertiary/aromatic N) is 1. The average Bonchev–Trinajstić information content (AvgIpc) is 2.34. The fraction of sp³-hybridized carbons (Fsp3) is 0.571. The van der Waals surface area contributed by atoms with Crippen molar-refractivity contribution in [2.24, 2.45) is 0 Å². The van der Waals surface area contributed by atoms with Gasteiger partial charge in [-0.1, -0.05) is 5.16 Å². The van der Waals surface area contributed by atoms with Gasteiger partial charge in [0.1, 0.15) is 0 Å². The van der Waals surface area contributed by atoms with Crippen molar-refractivity contribution in [1.82, 2.24) is 5.16 Å². The summed E-state index contributed by atoms with van der Waals surface area (Å²) in [4.78, 5) is 0. The van der Waals surface area contributed by atoms with Crippen LogP contribution in [0.15, 0.2) is 4.52 Å². The van der Waals surface area contributed by atoms with E-state index in [2.05, 4.69) is 5.16 Å². The molecule has 0 saturated carbocycles. The van der Waals surface area contributed by atoms with Crippen LogP contribution in [0.25, 0.3) is 0 Å². The summed E-state index contributed by atoms with van der Waals surface area (Å²) in [6.45, 7) is 0. The molecule has 3 heteroatoms. The van der Waals surface area contributed by atoms with Gasteiger partial charge in [0.2, 0.25) is 5.22 Å². The van der Waals surface area contributed by atoms with Crippen LogP contribution >= 0.6 is 11.6 Å². The molecule has 0 N–H and O–H groups in total. The second-order valence-corrected chi connectivity index (χ2v) is 2.93. The zero-order valence-corrected chi connectivity index (χ0v) is 6.32. The first-order valence-electron chi connectivity index (χ1n) is 3.51. The molecular weight excluding hydrogens is 150 g/mol. The molecule has 0 spiro atoms. The molecule has 1 aromatic rings. The third-order valence-corrected chi connectivity index (χ3v) is 2.21. The monoisotopic (exact) mass is 157 g/mol. The molecule has 0 bridgehead atoms. The highest BCUT2D eigenvalue weighted by atomic mass is 35.5. The lowest BCUT2D eigenvalue weighted by Crippen LogP contribution is -1.99. The van der Waals surface area contributed by atoms with Gasteiger partial charge in [-0.05, 0) is 37.3 Å². The molecule has 1 aliphatic carbocycles. The number of hydrogen-bond donors (Lipinski definition) is 0. The fourth-order valence-electron chi connectivity index (χ4n) is 1.35. The van der Waals surface area contributed by atoms with Crippen molar-refractivity contribution >= 4 is 11.6 Å². The third-order valence-electron chi connectivity index (χ3n) is 1.91. The lowest BCUT2D eigenvalue weighted by Gasteiger charge is -2.06. The molecule has 2 nitrogen and oxygen atoms in total. The summed E-state index contributed by atoms with van der Waals surface area (Å²) < 4.78 is 4.83. The van der Waals surface area contributed by atoms with E-state index in [4.69, 9.17) is 16.1 Å². The number of rotatable bonds is 0. The summed E-state index contributed by atoms with van der Waals surface area (Å²) in [6.07, 6.45) is 4.51. The zero-order valence-electron chi connectivity index (χ0n) is 5.56. The number of aromatic nitrogens is 1. The summed E-state index contributed by atoms with van der Waals surface area (Å²) in [7, 11) is 0. The molecular formula is C7H8ClNO. The molecule has 0 aliphatic heterocycles. The van der Waals surface area contributed by atoms with E-state index in [0.29, 0.717) is 5.22 Å². The van der Waals surface area contributed by atoms with Gasteiger partial charge in [-0.2, -0.15) is 0 Å². The Morgan fingerprint density at radius 2 is 2.10 bits per heavy atom. The Morgan fingerprint density at radius 1 is 1.30 bits per heavy atom. The second kappa shape index (κ2) is 2.27. The van der Waals surface area contributed by atoms with Gasteiger partial charge in [0.05, 0.1) is 5.69 Å². The van der Waals surface area contributed by atoms with Crippen LogP contribution in [0.1, 0.15) is 24.1 Å². The van der Waals surface area contributed by atoms with Crippen LogP contribution in [-0.2, 0) is 12.8 Å². The van der Waals surface area contributed by atoms with Crippen molar-refractivity contribution in [2.75, 3.05) is 0 Å². The van der Waals surface area contributed by atoms with Crippen molar-refractivity contribution in [3.63, 3.8) is 0 Å². The molecule has 0 fully saturated rings. The van der Waals surface area contributed by atoms with E-state index in [-0.39, 0.29) is 0 Å². The molecule has 0 saturated heterocycles. The quantitative estimate of drug-likeness (QED) is 0.577. The van der Waals surface area contributed by atoms with Gasteiger partial charge in [-0.3, -0.25) is 0 Å². The molecule has 10 heavy (non-hydrogen) atoms. The van der Waals surface area contributed by atoms with Crippen LogP contribution in [0.4, 0.5) is 0 Å². The van der Waals surface area contributed by atoms with E-state index >= 15 is 0 Å². The molecule has 1 aromatic heterocycles. The van der Waals surface area contributed by atoms with E-state index in [0.717, 1.165) is 24.1 Å². The molecule has 1 aliphatic rings. The minimum absolute atomic E-state index is 0.495. The Bertz CT molecular complexity index is 244. The molecule has 0 unspecified atom stereocenters. The van der Waals surface area contributed by atoms with Gasteiger partial charge in [0.25, 0.3) is 0 Å². The van der Waals surface area contributed by atoms with Gasteiger partial charge in [0, 0.05) is 5.56 Å². The molecule has 0 radical (unpaired) electrons. The van der Waals surface area contributed by atoms with Crippen molar-refractivity contribution in [3.05, 3.63) is 16.5 Å². The standard InChI is InChI=1S/C7H8ClNO/c8-7-5-3-1-2-4-6(5)9-10-7/h1-4H2. The predicted octanol–water partition coefficient (Wildman–Crippen LogP) is 2.21. The maximum Gasteiger partial charge on any atom is 0.229 e. The van der Waals surface area contributed by atoms with Crippen molar-refractivity contribution < 1.29 is 4.52 Å². The highest BCUT2D eigenvalue weighted by Crippen LogP contribution is 2.26. The molecule has 54 valence electrons. The maximum atomic E-state index is 5.73. The van der Waals surface area contributed by atoms with Crippen LogP contribution in [0.2, 0.25) is 5.22 Å². The fourth-order valence-corrected chi connectivity index (χ4v) is 1.59. The predicted molar refractivity (Wildman–Crippen MR) is 38.2 cm³/mol. The smallest absolute Gasteiger partial charge is 0.229 e. The molecule has 0 aromatic carbocycles. The topological polar surface area (TPSA) is 26.0 Å². The normalized spacial score (nSPS) is 16.9. The first kappa shape index (κ1) is 6.23. The van der Waals surface area contributed by atoms with E-state index in [9.17, 15) is 0 Å². The van der Waals surface area contributed by atoms with Gasteiger partial charge < -0.3 is 4.52 Å². The molecule has 2 rings (SSSR count). The highest BCUT2D eigenvalue weighted by Gasteiger charge is 2.17. The van der Waals surface area contributed by atoms with E-state index < -0.39 is 0 Å². The number of hydrogen-bond acceptors (Lipinski definition) is 2. The average molecular weight is 158 g/mol. The Kier molecular flexibility index (Phi) is 1.42. The lowest BCUT2D eigenvalue weighted by molar-refractivity contribution is 0.413. The Morgan fingerprint density at radius 3 is 2.90 bits per heavy atom. The number of aryl methyl sites for hydroxylation is 1. The maximum absolute atomic E-state index is 5.73. The van der Waals surface area contributed by atoms with Crippen LogP contribution in [-0.4, -0.2) is 5.16 Å². The van der Waals surface area contributed by atoms with E-state index in [1.54, 1.807) is 0 Å². The first-order chi connectivity index (χ1) is 4.88. The highest BCUT2D eigenvalue weighted by molar-refractivity contribution is 6.29. The molecule has 0 atom stereocenters. The Hall–Kier alpha value is -0.500. The summed E-state index contributed by atoms with van der Waals surface area (Å²) in [6, 6.07) is 0. The summed E-state index contributed by atoms with van der Waals surface area (Å²) >= 11 is 5.73. The summed E-state index contributed by atoms with van der Waals surface area (Å²) in [5.74, 6) is 0. The summed E-state index contributed by atoms with van der Waals surface area (Å²) in [5.41, 5.74) is 2.20. The second-order valence-electron chi connectivity index (χ2n) is 2.59. The van der Waals surface area contributed by atoms with Gasteiger partial charge in [-0.15, -0.1) is 0 Å². The van der Waals surface area contributed by atoms with E-state index in [1.165, 1.54) is 12.8 Å². The molecule has 1 heterocycles. The molecule has 0 amide bonds. The third kappa shape index (κ3) is 0.833. The van der Waals surface area contributed by atoms with Crippen molar-refractivity contribution in [2.45, 2.75) is 25.7 Å². The number of fused-ring (bicyclic) bond motifs is 1. The number of halogens is 1. The minimum atomic E-state index is 0.495. The zero-order chi connectivity index (χ0) is 6.97. The Balaban J connectivity index is 2.45. The van der Waals surface area contributed by atoms with Gasteiger partial charge >= 0.3 is 0 Å². The van der Waals surface area contributed by atoms with Crippen LogP contribution < -0.4 is 0 Å². The van der Waals surface area contributed by atoms with E-state index in [1.807, 2.05) is 0 Å². The van der Waals surface area contributed by atoms with Crippen LogP contribution in [0.5, 0.6) is 0 Å². The SMILES string of the molecule is Clc1onc2c1CCCC2. The first-order valence-corrected chi connectivity index (χ1v) is 3.88. The lowest BCUT2D eigenvalue weighted by atomic mass is 9.99. The largest absolute Gasteiger partial charge is 0.344 e. The van der Waals surface area contributed by atoms with Crippen LogP contribution in [0, 0.1) is 0 Å². The van der Waals surface area contributed by atoms with Crippen molar-refractivity contribution in [3.8, 4) is 0 Å². The van der Waals surface area contributed by atoms with Crippen molar-refractivity contribution in [1.29, 1.82) is 0 Å². The Labute approximate surface area is 64.2 Å². The summed E-state index contributed by atoms with van der Waals surface area (Å²) in [5, 5.41) is 4.34.